The van der Waals surface area contributed by atoms with E-state index in [0.29, 0.717) is 24.1 Å². The predicted octanol–water partition coefficient (Wildman–Crippen LogP) is 3.24. The molecule has 0 spiro atoms. The van der Waals surface area contributed by atoms with Gasteiger partial charge in [0, 0.05) is 32.3 Å². The highest BCUT2D eigenvalue weighted by Crippen LogP contribution is 2.51. The van der Waals surface area contributed by atoms with Crippen molar-refractivity contribution >= 4 is 11.7 Å². The van der Waals surface area contributed by atoms with Crippen molar-refractivity contribution in [3.05, 3.63) is 87.2 Å². The second-order valence-corrected chi connectivity index (χ2v) is 10.5. The summed E-state index contributed by atoms with van der Waals surface area (Å²) in [6.45, 7) is 2.44. The number of nitrogens with zero attached hydrogens (tertiary/aromatic N) is 4. The van der Waals surface area contributed by atoms with E-state index in [2.05, 4.69) is 27.0 Å². The van der Waals surface area contributed by atoms with Crippen molar-refractivity contribution in [2.24, 2.45) is 0 Å². The normalized spacial score (nSPS) is 19.6. The number of pyridine rings is 1. The first-order valence-corrected chi connectivity index (χ1v) is 13.4. The van der Waals surface area contributed by atoms with Crippen molar-refractivity contribution in [1.29, 1.82) is 0 Å². The van der Waals surface area contributed by atoms with Crippen LogP contribution in [0.4, 0.5) is 5.82 Å². The number of aliphatic hydroxyl groups excluding tert-OH is 1. The molecule has 8 heteroatoms. The van der Waals surface area contributed by atoms with Gasteiger partial charge in [-0.15, -0.1) is 0 Å². The van der Waals surface area contributed by atoms with Gasteiger partial charge in [-0.25, -0.2) is 9.97 Å². The second-order valence-electron chi connectivity index (χ2n) is 10.5. The largest absolute Gasteiger partial charge is 0.378 e. The van der Waals surface area contributed by atoms with Crippen LogP contribution in [0.15, 0.2) is 53.5 Å². The van der Waals surface area contributed by atoms with E-state index in [0.717, 1.165) is 56.1 Å². The number of hydrogen-bond acceptors (Lipinski definition) is 6. The third-order valence-corrected chi connectivity index (χ3v) is 8.16. The maximum atomic E-state index is 13.3. The highest BCUT2D eigenvalue weighted by atomic mass is 16.3. The first-order chi connectivity index (χ1) is 18.0. The SMILES string of the molecule is O=C(C(O)c1ccnc(N2CCCCCC2)c1)N1CCc2nc(C3(c4ccccc4)CC3)[nH]c(=O)c2C1. The zero-order valence-corrected chi connectivity index (χ0v) is 21.0. The topological polar surface area (TPSA) is 102 Å². The Kier molecular flexibility index (Phi) is 6.28. The summed E-state index contributed by atoms with van der Waals surface area (Å²) in [5.41, 5.74) is 2.56. The fourth-order valence-electron chi connectivity index (χ4n) is 5.78. The Morgan fingerprint density at radius 3 is 2.51 bits per heavy atom. The number of amides is 1. The van der Waals surface area contributed by atoms with Crippen LogP contribution in [0.2, 0.25) is 0 Å². The molecule has 192 valence electrons. The van der Waals surface area contributed by atoms with Crippen LogP contribution in [-0.2, 0) is 23.2 Å². The number of carbonyl (C=O) groups excluding carboxylic acids is 1. The van der Waals surface area contributed by atoms with Gasteiger partial charge in [0.15, 0.2) is 6.10 Å². The van der Waals surface area contributed by atoms with Crippen LogP contribution in [0, 0.1) is 0 Å². The first kappa shape index (κ1) is 23.9. The third kappa shape index (κ3) is 4.55. The molecule has 37 heavy (non-hydrogen) atoms. The van der Waals surface area contributed by atoms with Crippen LogP contribution in [0.25, 0.3) is 0 Å². The van der Waals surface area contributed by atoms with Crippen molar-refractivity contribution in [2.45, 2.75) is 63.0 Å². The van der Waals surface area contributed by atoms with Gasteiger partial charge in [-0.2, -0.15) is 0 Å². The van der Waals surface area contributed by atoms with E-state index in [1.807, 2.05) is 24.3 Å². The monoisotopic (exact) mass is 499 g/mol. The number of benzene rings is 1. The molecule has 1 saturated carbocycles. The molecule has 8 nitrogen and oxygen atoms in total. The molecule has 3 aromatic rings. The van der Waals surface area contributed by atoms with Crippen LogP contribution < -0.4 is 10.5 Å². The summed E-state index contributed by atoms with van der Waals surface area (Å²) >= 11 is 0. The van der Waals surface area contributed by atoms with E-state index in [1.165, 1.54) is 18.4 Å². The smallest absolute Gasteiger partial charge is 0.256 e. The first-order valence-electron chi connectivity index (χ1n) is 13.4. The minimum absolute atomic E-state index is 0.149. The van der Waals surface area contributed by atoms with Gasteiger partial charge in [0.1, 0.15) is 11.6 Å². The number of anilines is 1. The summed E-state index contributed by atoms with van der Waals surface area (Å²) < 4.78 is 0. The molecule has 6 rings (SSSR count). The summed E-state index contributed by atoms with van der Waals surface area (Å²) in [6, 6.07) is 13.7. The molecule has 1 unspecified atom stereocenters. The van der Waals surface area contributed by atoms with Gasteiger partial charge in [-0.1, -0.05) is 43.2 Å². The van der Waals surface area contributed by atoms with Crippen LogP contribution in [-0.4, -0.2) is 50.5 Å². The minimum Gasteiger partial charge on any atom is -0.378 e. The minimum atomic E-state index is -1.30. The molecular weight excluding hydrogens is 466 g/mol. The number of aliphatic hydroxyl groups is 1. The van der Waals surface area contributed by atoms with Crippen molar-refractivity contribution in [2.75, 3.05) is 24.5 Å². The molecule has 4 heterocycles. The molecule has 1 atom stereocenters. The number of aromatic nitrogens is 3. The number of hydrogen-bond donors (Lipinski definition) is 2. The summed E-state index contributed by atoms with van der Waals surface area (Å²) in [7, 11) is 0. The molecule has 1 aliphatic carbocycles. The van der Waals surface area contributed by atoms with Crippen LogP contribution in [0.3, 0.4) is 0 Å². The van der Waals surface area contributed by atoms with Crippen molar-refractivity contribution in [3.8, 4) is 0 Å². The molecular formula is C29H33N5O3. The lowest BCUT2D eigenvalue weighted by molar-refractivity contribution is -0.141. The number of rotatable bonds is 5. The van der Waals surface area contributed by atoms with Gasteiger partial charge >= 0.3 is 0 Å². The summed E-state index contributed by atoms with van der Waals surface area (Å²) in [4.78, 5) is 42.6. The van der Waals surface area contributed by atoms with Gasteiger partial charge in [-0.3, -0.25) is 9.59 Å². The van der Waals surface area contributed by atoms with E-state index in [9.17, 15) is 14.7 Å². The van der Waals surface area contributed by atoms with Crippen molar-refractivity contribution < 1.29 is 9.90 Å². The van der Waals surface area contributed by atoms with Gasteiger partial charge in [0.05, 0.1) is 23.2 Å². The zero-order valence-electron chi connectivity index (χ0n) is 21.0. The number of nitrogens with one attached hydrogen (secondary N) is 1. The Morgan fingerprint density at radius 1 is 1.03 bits per heavy atom. The highest BCUT2D eigenvalue weighted by molar-refractivity contribution is 5.82. The Labute approximate surface area is 216 Å². The molecule has 0 radical (unpaired) electrons. The molecule has 2 fully saturated rings. The second kappa shape index (κ2) is 9.74. The van der Waals surface area contributed by atoms with Crippen LogP contribution >= 0.6 is 0 Å². The number of aromatic amines is 1. The average molecular weight is 500 g/mol. The number of H-pyrrole nitrogens is 1. The molecule has 1 amide bonds. The van der Waals surface area contributed by atoms with E-state index in [-0.39, 0.29) is 17.5 Å². The molecule has 1 aromatic carbocycles. The Bertz CT molecular complexity index is 1340. The zero-order chi connectivity index (χ0) is 25.4. The molecule has 2 aromatic heterocycles. The quantitative estimate of drug-likeness (QED) is 0.559. The fourth-order valence-corrected chi connectivity index (χ4v) is 5.78. The predicted molar refractivity (Wildman–Crippen MR) is 140 cm³/mol. The molecule has 2 aliphatic heterocycles. The molecule has 3 aliphatic rings. The van der Waals surface area contributed by atoms with Gasteiger partial charge < -0.3 is 19.9 Å². The Balaban J connectivity index is 1.20. The Morgan fingerprint density at radius 2 is 1.78 bits per heavy atom. The average Bonchev–Trinajstić information content (AvgIpc) is 3.78. The van der Waals surface area contributed by atoms with Gasteiger partial charge in [-0.05, 0) is 48.9 Å². The van der Waals surface area contributed by atoms with Crippen LogP contribution in [0.1, 0.15) is 72.8 Å². The van der Waals surface area contributed by atoms with E-state index in [4.69, 9.17) is 4.98 Å². The Hall–Kier alpha value is -3.52. The lowest BCUT2D eigenvalue weighted by Crippen LogP contribution is -2.42. The van der Waals surface area contributed by atoms with E-state index >= 15 is 0 Å². The number of carbonyl (C=O) groups is 1. The van der Waals surface area contributed by atoms with Crippen LogP contribution in [0.5, 0.6) is 0 Å². The third-order valence-electron chi connectivity index (χ3n) is 8.16. The molecule has 1 saturated heterocycles. The van der Waals surface area contributed by atoms with Crippen molar-refractivity contribution in [3.63, 3.8) is 0 Å². The molecule has 0 bridgehead atoms. The summed E-state index contributed by atoms with van der Waals surface area (Å²) in [5, 5.41) is 11.0. The van der Waals surface area contributed by atoms with E-state index in [1.54, 1.807) is 17.2 Å². The van der Waals surface area contributed by atoms with Gasteiger partial charge in [0.25, 0.3) is 11.5 Å². The number of fused-ring (bicyclic) bond motifs is 1. The standard InChI is InChI=1S/C29H33N5O3/c35-25(20-10-14-30-24(18-20)33-15-6-1-2-7-16-33)27(37)34-17-11-23-22(19-34)26(36)32-28(31-23)29(12-13-29)21-8-4-3-5-9-21/h3-5,8-10,14,18,25,35H,1-2,6-7,11-13,15-17,19H2,(H,31,32,36). The maximum absolute atomic E-state index is 13.3. The van der Waals surface area contributed by atoms with Crippen molar-refractivity contribution in [1.82, 2.24) is 19.9 Å². The summed E-state index contributed by atoms with van der Waals surface area (Å²) in [6.07, 6.45) is 7.46. The fraction of sp³-hybridized carbons (Fsp3) is 0.448. The highest BCUT2D eigenvalue weighted by Gasteiger charge is 2.48. The lowest BCUT2D eigenvalue weighted by Gasteiger charge is -2.30. The maximum Gasteiger partial charge on any atom is 0.256 e. The lowest BCUT2D eigenvalue weighted by atomic mass is 9.94. The van der Waals surface area contributed by atoms with Gasteiger partial charge in [0.2, 0.25) is 0 Å². The van der Waals surface area contributed by atoms with E-state index < -0.39 is 12.0 Å². The molecule has 2 N–H and O–H groups in total. The summed E-state index contributed by atoms with van der Waals surface area (Å²) in [5.74, 6) is 1.13.